The summed E-state index contributed by atoms with van der Waals surface area (Å²) in [6.07, 6.45) is -0.956. The number of hydrogen-bond acceptors (Lipinski definition) is 8. The summed E-state index contributed by atoms with van der Waals surface area (Å²) < 4.78 is 36.0. The van der Waals surface area contributed by atoms with E-state index in [4.69, 9.17) is 4.74 Å². The summed E-state index contributed by atoms with van der Waals surface area (Å²) in [5.74, 6) is -0.0955. The monoisotopic (exact) mass is 756 g/mol. The summed E-state index contributed by atoms with van der Waals surface area (Å²) in [7, 11) is -4.04. The number of hydrogen-bond donors (Lipinski definition) is 3. The van der Waals surface area contributed by atoms with Crippen molar-refractivity contribution >= 4 is 54.2 Å². The first-order valence-corrected chi connectivity index (χ1v) is 18.6. The average Bonchev–Trinajstić information content (AvgIpc) is 3.48. The van der Waals surface area contributed by atoms with Gasteiger partial charge in [-0.05, 0) is 67.1 Å². The number of rotatable bonds is 15. The Morgan fingerprint density at radius 3 is 2.27 bits per heavy atom. The third-order valence-corrected chi connectivity index (χ3v) is 10.5. The van der Waals surface area contributed by atoms with Crippen molar-refractivity contribution in [3.63, 3.8) is 0 Å². The van der Waals surface area contributed by atoms with Gasteiger partial charge in [-0.15, -0.1) is 11.3 Å². The molecule has 2 atom stereocenters. The standard InChI is InChI=1S/C35H41BrN4O6S2/c1-22(2)18-40(48(44,45)29-13-11-27(12-14-29)31-21-47-35(39-31)37-25(5)41)19-32(42)30(17-26-9-7-6-8-10-26)38-33(43)20-46-34-23(3)15-28(36)16-24(34)4/h6-16,21-22,30,32,42H,17-20H2,1-5H3,(H,38,43)(H,37,39,41)/t30-,32+/m0/s1. The quantitative estimate of drug-likeness (QED) is 0.136. The number of aromatic nitrogens is 1. The highest BCUT2D eigenvalue weighted by Gasteiger charge is 2.31. The van der Waals surface area contributed by atoms with E-state index in [0.717, 1.165) is 21.2 Å². The fourth-order valence-corrected chi connectivity index (χ4v) is 8.31. The Labute approximate surface area is 294 Å². The zero-order chi connectivity index (χ0) is 35.0. The molecule has 0 aliphatic heterocycles. The van der Waals surface area contributed by atoms with E-state index in [1.54, 1.807) is 17.5 Å². The smallest absolute Gasteiger partial charge is 0.258 e. The maximum atomic E-state index is 14.0. The molecule has 0 aliphatic rings. The number of benzene rings is 3. The van der Waals surface area contributed by atoms with Crippen LogP contribution in [0.3, 0.4) is 0 Å². The highest BCUT2D eigenvalue weighted by atomic mass is 79.9. The van der Waals surface area contributed by atoms with Gasteiger partial charge in [0.05, 0.1) is 22.7 Å². The van der Waals surface area contributed by atoms with Crippen LogP contribution in [0.2, 0.25) is 0 Å². The highest BCUT2D eigenvalue weighted by Crippen LogP contribution is 2.28. The first kappa shape index (κ1) is 37.2. The number of carbonyl (C=O) groups is 2. The first-order valence-electron chi connectivity index (χ1n) is 15.5. The lowest BCUT2D eigenvalue weighted by molar-refractivity contribution is -0.124. The minimum absolute atomic E-state index is 0.0404. The van der Waals surface area contributed by atoms with E-state index in [0.29, 0.717) is 22.1 Å². The van der Waals surface area contributed by atoms with Gasteiger partial charge >= 0.3 is 0 Å². The van der Waals surface area contributed by atoms with Gasteiger partial charge in [-0.1, -0.05) is 72.2 Å². The number of halogens is 1. The lowest BCUT2D eigenvalue weighted by Gasteiger charge is -2.31. The molecular weight excluding hydrogens is 716 g/mol. The molecule has 1 aromatic heterocycles. The highest BCUT2D eigenvalue weighted by molar-refractivity contribution is 9.10. The van der Waals surface area contributed by atoms with E-state index < -0.39 is 28.1 Å². The molecule has 1 heterocycles. The molecule has 3 aromatic carbocycles. The SMILES string of the molecule is CC(=O)Nc1nc(-c2ccc(S(=O)(=O)N(CC(C)C)C[C@@H](O)[C@H](Cc3ccccc3)NC(=O)COc3c(C)cc(Br)cc3C)cc2)cs1. The maximum absolute atomic E-state index is 14.0. The topological polar surface area (TPSA) is 138 Å². The van der Waals surface area contributed by atoms with Crippen LogP contribution in [0.5, 0.6) is 5.75 Å². The fraction of sp³-hybridized carbons (Fsp3) is 0.343. The molecule has 0 aliphatic carbocycles. The first-order chi connectivity index (χ1) is 22.7. The number of nitrogens with one attached hydrogen (secondary N) is 2. The molecule has 13 heteroatoms. The second-order valence-electron chi connectivity index (χ2n) is 12.0. The molecule has 0 saturated heterocycles. The Hall–Kier alpha value is -3.62. The summed E-state index contributed by atoms with van der Waals surface area (Å²) in [5, 5.41) is 19.3. The molecule has 4 aromatic rings. The molecular formula is C35H41BrN4O6S2. The summed E-state index contributed by atoms with van der Waals surface area (Å²) in [6.45, 7) is 8.65. The molecule has 10 nitrogen and oxygen atoms in total. The second-order valence-corrected chi connectivity index (χ2v) is 15.8. The molecule has 0 saturated carbocycles. The number of aliphatic hydroxyl groups is 1. The Morgan fingerprint density at radius 1 is 1.02 bits per heavy atom. The lowest BCUT2D eigenvalue weighted by atomic mass is 10.0. The van der Waals surface area contributed by atoms with Crippen molar-refractivity contribution in [3.05, 3.63) is 93.3 Å². The van der Waals surface area contributed by atoms with Gasteiger partial charge in [-0.3, -0.25) is 9.59 Å². The van der Waals surface area contributed by atoms with Crippen LogP contribution in [0, 0.1) is 19.8 Å². The molecule has 256 valence electrons. The van der Waals surface area contributed by atoms with E-state index >= 15 is 0 Å². The predicted octanol–water partition coefficient (Wildman–Crippen LogP) is 5.96. The number of sulfonamides is 1. The summed E-state index contributed by atoms with van der Waals surface area (Å²) in [5.41, 5.74) is 3.92. The van der Waals surface area contributed by atoms with E-state index in [9.17, 15) is 23.1 Å². The molecule has 0 radical (unpaired) electrons. The van der Waals surface area contributed by atoms with Crippen LogP contribution in [0.25, 0.3) is 11.3 Å². The second kappa shape index (κ2) is 16.7. The van der Waals surface area contributed by atoms with Gasteiger partial charge in [0.1, 0.15) is 5.75 Å². The van der Waals surface area contributed by atoms with Crippen molar-refractivity contribution < 1.29 is 27.9 Å². The Kier molecular flexibility index (Phi) is 12.9. The number of anilines is 1. The Morgan fingerprint density at radius 2 is 1.67 bits per heavy atom. The lowest BCUT2D eigenvalue weighted by Crippen LogP contribution is -2.52. The van der Waals surface area contributed by atoms with Crippen molar-refractivity contribution in [2.45, 2.75) is 58.1 Å². The average molecular weight is 758 g/mol. The minimum Gasteiger partial charge on any atom is -0.483 e. The van der Waals surface area contributed by atoms with Gasteiger partial charge in [0, 0.05) is 35.4 Å². The molecule has 4 rings (SSSR count). The largest absolute Gasteiger partial charge is 0.483 e. The summed E-state index contributed by atoms with van der Waals surface area (Å²) in [6, 6.07) is 18.8. The molecule has 0 fully saturated rings. The van der Waals surface area contributed by atoms with E-state index in [1.807, 2.05) is 70.2 Å². The van der Waals surface area contributed by atoms with Gasteiger partial charge in [-0.25, -0.2) is 13.4 Å². The third kappa shape index (κ3) is 10.2. The molecule has 48 heavy (non-hydrogen) atoms. The van der Waals surface area contributed by atoms with Crippen molar-refractivity contribution in [3.8, 4) is 17.0 Å². The van der Waals surface area contributed by atoms with Crippen molar-refractivity contribution in [2.24, 2.45) is 5.92 Å². The maximum Gasteiger partial charge on any atom is 0.258 e. The number of carbonyl (C=O) groups excluding carboxylic acids is 2. The van der Waals surface area contributed by atoms with Crippen LogP contribution < -0.4 is 15.4 Å². The van der Waals surface area contributed by atoms with Gasteiger partial charge in [0.2, 0.25) is 15.9 Å². The van der Waals surface area contributed by atoms with Gasteiger partial charge in [0.25, 0.3) is 5.91 Å². The van der Waals surface area contributed by atoms with Gasteiger partial charge in [0.15, 0.2) is 11.7 Å². The molecule has 0 spiro atoms. The van der Waals surface area contributed by atoms with Gasteiger partial charge in [-0.2, -0.15) is 4.31 Å². The van der Waals surface area contributed by atoms with Crippen LogP contribution in [-0.2, 0) is 26.0 Å². The van der Waals surface area contributed by atoms with E-state index in [1.165, 1.54) is 34.7 Å². The van der Waals surface area contributed by atoms with Crippen molar-refractivity contribution in [1.29, 1.82) is 0 Å². The summed E-state index contributed by atoms with van der Waals surface area (Å²) in [4.78, 5) is 29.0. The van der Waals surface area contributed by atoms with Crippen LogP contribution in [0.4, 0.5) is 5.13 Å². The van der Waals surface area contributed by atoms with Crippen molar-refractivity contribution in [2.75, 3.05) is 25.0 Å². The van der Waals surface area contributed by atoms with E-state index in [-0.39, 0.29) is 42.8 Å². The van der Waals surface area contributed by atoms with Gasteiger partial charge < -0.3 is 20.5 Å². The zero-order valence-corrected chi connectivity index (χ0v) is 30.8. The van der Waals surface area contributed by atoms with Crippen LogP contribution in [0.1, 0.15) is 37.5 Å². The Balaban J connectivity index is 1.53. The number of amides is 2. The number of aryl methyl sites for hydroxylation is 2. The Bertz CT molecular complexity index is 1790. The number of thiazole rings is 1. The van der Waals surface area contributed by atoms with Crippen molar-refractivity contribution in [1.82, 2.24) is 14.6 Å². The number of nitrogens with zero attached hydrogens (tertiary/aromatic N) is 2. The molecule has 0 unspecified atom stereocenters. The normalized spacial score (nSPS) is 12.9. The predicted molar refractivity (Wildman–Crippen MR) is 193 cm³/mol. The van der Waals surface area contributed by atoms with Crippen LogP contribution >= 0.6 is 27.3 Å². The fourth-order valence-electron chi connectivity index (χ4n) is 5.24. The molecule has 3 N–H and O–H groups in total. The molecule has 2 amide bonds. The minimum atomic E-state index is -4.04. The molecule has 0 bridgehead atoms. The number of aliphatic hydroxyl groups excluding tert-OH is 1. The third-order valence-electron chi connectivity index (χ3n) is 7.42. The zero-order valence-electron chi connectivity index (χ0n) is 27.6. The number of ether oxygens (including phenoxy) is 1. The van der Waals surface area contributed by atoms with E-state index in [2.05, 4.69) is 31.5 Å². The van der Waals surface area contributed by atoms with Crippen LogP contribution in [0.15, 0.2) is 81.5 Å². The summed E-state index contributed by atoms with van der Waals surface area (Å²) >= 11 is 4.74. The van der Waals surface area contributed by atoms with Crippen LogP contribution in [-0.4, -0.2) is 66.5 Å².